The van der Waals surface area contributed by atoms with E-state index >= 15 is 0 Å². The first-order chi connectivity index (χ1) is 6.83. The molecule has 1 unspecified atom stereocenters. The van der Waals surface area contributed by atoms with Crippen molar-refractivity contribution in [2.45, 2.75) is 18.9 Å². The van der Waals surface area contributed by atoms with Crippen LogP contribution in [0.25, 0.3) is 0 Å². The van der Waals surface area contributed by atoms with Gasteiger partial charge in [-0.2, -0.15) is 0 Å². The molecule has 0 saturated heterocycles. The highest BCUT2D eigenvalue weighted by Gasteiger charge is 2.24. The molecular weight excluding hydrogens is 176 g/mol. The quantitative estimate of drug-likeness (QED) is 0.735. The van der Waals surface area contributed by atoms with Gasteiger partial charge in [-0.25, -0.2) is 9.97 Å². The van der Waals surface area contributed by atoms with E-state index in [2.05, 4.69) is 21.9 Å². The van der Waals surface area contributed by atoms with Gasteiger partial charge in [-0.05, 0) is 32.0 Å². The lowest BCUT2D eigenvalue weighted by Crippen LogP contribution is -2.34. The summed E-state index contributed by atoms with van der Waals surface area (Å²) in [5.74, 6) is 0. The van der Waals surface area contributed by atoms with Gasteiger partial charge in [0.2, 0.25) is 0 Å². The van der Waals surface area contributed by atoms with E-state index < -0.39 is 0 Å². The third-order valence-corrected chi connectivity index (χ3v) is 2.84. The first kappa shape index (κ1) is 9.55. The molecule has 1 aromatic rings. The molecule has 2 heterocycles. The summed E-state index contributed by atoms with van der Waals surface area (Å²) in [7, 11) is 2.13. The molecule has 1 atom stereocenters. The maximum absolute atomic E-state index is 5.61. The number of aromatic nitrogens is 2. The molecule has 0 fully saturated rings. The first-order valence-corrected chi connectivity index (χ1v) is 5.02. The van der Waals surface area contributed by atoms with Gasteiger partial charge in [0.05, 0.1) is 11.7 Å². The fourth-order valence-corrected chi connectivity index (χ4v) is 2.04. The number of nitrogens with two attached hydrogens (primary N) is 1. The van der Waals surface area contributed by atoms with Crippen molar-refractivity contribution in [3.8, 4) is 0 Å². The fourth-order valence-electron chi connectivity index (χ4n) is 2.04. The van der Waals surface area contributed by atoms with Crippen LogP contribution in [0.2, 0.25) is 0 Å². The van der Waals surface area contributed by atoms with Gasteiger partial charge in [-0.15, -0.1) is 0 Å². The lowest BCUT2D eigenvalue weighted by atomic mass is 9.97. The van der Waals surface area contributed by atoms with Crippen LogP contribution in [0.15, 0.2) is 12.5 Å². The molecule has 4 heteroatoms. The Bertz CT molecular complexity index is 313. The summed E-state index contributed by atoms with van der Waals surface area (Å²) in [5, 5.41) is 0. The summed E-state index contributed by atoms with van der Waals surface area (Å²) >= 11 is 0. The smallest absolute Gasteiger partial charge is 0.115 e. The maximum atomic E-state index is 5.61. The molecule has 2 N–H and O–H groups in total. The van der Waals surface area contributed by atoms with Gasteiger partial charge >= 0.3 is 0 Å². The van der Waals surface area contributed by atoms with E-state index in [1.165, 1.54) is 11.3 Å². The van der Waals surface area contributed by atoms with E-state index in [0.717, 1.165) is 19.4 Å². The van der Waals surface area contributed by atoms with E-state index in [-0.39, 0.29) is 0 Å². The van der Waals surface area contributed by atoms with Crippen LogP contribution in [-0.4, -0.2) is 35.0 Å². The van der Waals surface area contributed by atoms with Gasteiger partial charge in [0, 0.05) is 12.7 Å². The minimum atomic E-state index is 0.381. The van der Waals surface area contributed by atoms with E-state index in [0.29, 0.717) is 12.6 Å². The molecular formula is C10H16N4. The first-order valence-electron chi connectivity index (χ1n) is 5.02. The second-order valence-electron chi connectivity index (χ2n) is 3.76. The van der Waals surface area contributed by atoms with Gasteiger partial charge in [0.25, 0.3) is 0 Å². The molecule has 1 aliphatic heterocycles. The highest BCUT2D eigenvalue weighted by atomic mass is 15.1. The summed E-state index contributed by atoms with van der Waals surface area (Å²) < 4.78 is 0. The second kappa shape index (κ2) is 4.02. The third-order valence-electron chi connectivity index (χ3n) is 2.84. The molecule has 4 nitrogen and oxygen atoms in total. The van der Waals surface area contributed by atoms with Gasteiger partial charge < -0.3 is 5.73 Å². The minimum Gasteiger partial charge on any atom is -0.330 e. The highest BCUT2D eigenvalue weighted by Crippen LogP contribution is 2.27. The van der Waals surface area contributed by atoms with Crippen LogP contribution in [0.4, 0.5) is 0 Å². The maximum Gasteiger partial charge on any atom is 0.115 e. The van der Waals surface area contributed by atoms with E-state index in [4.69, 9.17) is 5.73 Å². The number of nitrogens with zero attached hydrogens (tertiary/aromatic N) is 3. The summed E-state index contributed by atoms with van der Waals surface area (Å²) in [5.41, 5.74) is 8.06. The molecule has 1 aliphatic rings. The van der Waals surface area contributed by atoms with Gasteiger partial charge in [-0.3, -0.25) is 4.90 Å². The van der Waals surface area contributed by atoms with Crippen LogP contribution < -0.4 is 5.73 Å². The Hall–Kier alpha value is -1.00. The minimum absolute atomic E-state index is 0.381. The van der Waals surface area contributed by atoms with Crippen molar-refractivity contribution in [1.29, 1.82) is 0 Å². The normalized spacial score (nSPS) is 22.0. The molecule has 14 heavy (non-hydrogen) atoms. The average Bonchev–Trinajstić information content (AvgIpc) is 2.23. The van der Waals surface area contributed by atoms with Crippen LogP contribution >= 0.6 is 0 Å². The molecule has 1 aromatic heterocycles. The van der Waals surface area contributed by atoms with E-state index in [1.54, 1.807) is 6.33 Å². The summed E-state index contributed by atoms with van der Waals surface area (Å²) in [6, 6.07) is 0.381. The van der Waals surface area contributed by atoms with Crippen molar-refractivity contribution in [1.82, 2.24) is 14.9 Å². The lowest BCUT2D eigenvalue weighted by Gasteiger charge is -2.32. The van der Waals surface area contributed by atoms with Gasteiger partial charge in [0.15, 0.2) is 0 Å². The van der Waals surface area contributed by atoms with Crippen molar-refractivity contribution < 1.29 is 0 Å². The third kappa shape index (κ3) is 1.63. The molecule has 76 valence electrons. The van der Waals surface area contributed by atoms with Gasteiger partial charge in [-0.1, -0.05) is 0 Å². The molecule has 0 radical (unpaired) electrons. The Kier molecular flexibility index (Phi) is 2.74. The van der Waals surface area contributed by atoms with Crippen molar-refractivity contribution in [2.24, 2.45) is 5.73 Å². The van der Waals surface area contributed by atoms with E-state index in [9.17, 15) is 0 Å². The Balaban J connectivity index is 2.31. The lowest BCUT2D eigenvalue weighted by molar-refractivity contribution is 0.216. The topological polar surface area (TPSA) is 55.0 Å². The monoisotopic (exact) mass is 192 g/mol. The largest absolute Gasteiger partial charge is 0.330 e. The van der Waals surface area contributed by atoms with E-state index in [1.807, 2.05) is 6.20 Å². The van der Waals surface area contributed by atoms with Crippen LogP contribution in [0.5, 0.6) is 0 Å². The molecule has 2 rings (SSSR count). The molecule has 0 aromatic carbocycles. The SMILES string of the molecule is CN1CCc2cncnc2C1CCN. The van der Waals surface area contributed by atoms with Crippen LogP contribution in [-0.2, 0) is 6.42 Å². The van der Waals surface area contributed by atoms with Crippen LogP contribution in [0.1, 0.15) is 23.7 Å². The Morgan fingerprint density at radius 3 is 3.29 bits per heavy atom. The zero-order valence-corrected chi connectivity index (χ0v) is 8.48. The van der Waals surface area contributed by atoms with Crippen molar-refractivity contribution >= 4 is 0 Å². The van der Waals surface area contributed by atoms with Crippen molar-refractivity contribution in [3.63, 3.8) is 0 Å². The number of hydrogen-bond donors (Lipinski definition) is 1. The van der Waals surface area contributed by atoms with Crippen molar-refractivity contribution in [3.05, 3.63) is 23.8 Å². The average molecular weight is 192 g/mol. The Morgan fingerprint density at radius 1 is 1.64 bits per heavy atom. The predicted molar refractivity (Wildman–Crippen MR) is 54.8 cm³/mol. The molecule has 0 saturated carbocycles. The molecule has 0 spiro atoms. The molecule has 0 amide bonds. The summed E-state index contributed by atoms with van der Waals surface area (Å²) in [6.45, 7) is 1.78. The standard InChI is InChI=1S/C10H16N4/c1-14-5-3-8-6-12-7-13-10(8)9(14)2-4-11/h6-7,9H,2-5,11H2,1H3. The van der Waals surface area contributed by atoms with Crippen LogP contribution in [0, 0.1) is 0 Å². The summed E-state index contributed by atoms with van der Waals surface area (Å²) in [4.78, 5) is 10.7. The van der Waals surface area contributed by atoms with Gasteiger partial charge in [0.1, 0.15) is 6.33 Å². The zero-order chi connectivity index (χ0) is 9.97. The second-order valence-corrected chi connectivity index (χ2v) is 3.76. The number of hydrogen-bond acceptors (Lipinski definition) is 4. The van der Waals surface area contributed by atoms with Crippen LogP contribution in [0.3, 0.4) is 0 Å². The predicted octanol–water partition coefficient (Wildman–Crippen LogP) is 0.354. The fraction of sp³-hybridized carbons (Fsp3) is 0.600. The highest BCUT2D eigenvalue weighted by molar-refractivity contribution is 5.22. The Labute approximate surface area is 84.2 Å². The zero-order valence-electron chi connectivity index (χ0n) is 8.48. The Morgan fingerprint density at radius 2 is 2.50 bits per heavy atom. The molecule has 0 aliphatic carbocycles. The number of rotatable bonds is 2. The number of fused-ring (bicyclic) bond motifs is 1. The number of likely N-dealkylation sites (N-methyl/N-ethyl adjacent to an activating group) is 1. The molecule has 0 bridgehead atoms. The van der Waals surface area contributed by atoms with Crippen molar-refractivity contribution in [2.75, 3.05) is 20.1 Å². The summed E-state index contributed by atoms with van der Waals surface area (Å²) in [6.07, 6.45) is 5.58.